The predicted molar refractivity (Wildman–Crippen MR) is 86.3 cm³/mol. The molecular formula is C18H22N2O3. The minimum absolute atomic E-state index is 0.0550. The monoisotopic (exact) mass is 314 g/mol. The van der Waals surface area contributed by atoms with E-state index in [4.69, 9.17) is 4.52 Å². The second-order valence-corrected chi connectivity index (χ2v) is 5.89. The summed E-state index contributed by atoms with van der Waals surface area (Å²) in [4.78, 5) is 14.4. The molecule has 0 atom stereocenters. The number of carbonyl (C=O) groups excluding carboxylic acids is 1. The van der Waals surface area contributed by atoms with E-state index in [1.165, 1.54) is 5.56 Å². The van der Waals surface area contributed by atoms with Crippen LogP contribution < -0.4 is 0 Å². The van der Waals surface area contributed by atoms with Crippen molar-refractivity contribution >= 4 is 5.91 Å². The Morgan fingerprint density at radius 3 is 2.74 bits per heavy atom. The van der Waals surface area contributed by atoms with Crippen molar-refractivity contribution in [2.75, 3.05) is 19.7 Å². The Morgan fingerprint density at radius 1 is 1.17 bits per heavy atom. The normalized spacial score (nSPS) is 13.6. The van der Waals surface area contributed by atoms with E-state index in [9.17, 15) is 9.90 Å². The molecule has 1 aliphatic carbocycles. The lowest BCUT2D eigenvalue weighted by molar-refractivity contribution is 0.0712. The van der Waals surface area contributed by atoms with Gasteiger partial charge in [-0.3, -0.25) is 4.79 Å². The maximum atomic E-state index is 12.8. The fourth-order valence-corrected chi connectivity index (χ4v) is 3.05. The molecule has 0 unspecified atom stereocenters. The molecule has 0 fully saturated rings. The number of aliphatic hydroxyl groups is 1. The molecule has 0 aliphatic heterocycles. The van der Waals surface area contributed by atoms with E-state index in [0.29, 0.717) is 18.8 Å². The summed E-state index contributed by atoms with van der Waals surface area (Å²) in [7, 11) is 0. The van der Waals surface area contributed by atoms with Crippen LogP contribution in [0.1, 0.15) is 40.2 Å². The highest BCUT2D eigenvalue weighted by Gasteiger charge is 2.27. The third kappa shape index (κ3) is 3.62. The van der Waals surface area contributed by atoms with Gasteiger partial charge in [-0.05, 0) is 31.2 Å². The molecule has 122 valence electrons. The van der Waals surface area contributed by atoms with Crippen molar-refractivity contribution in [2.45, 2.75) is 32.1 Å². The summed E-state index contributed by atoms with van der Waals surface area (Å²) in [6, 6.07) is 10.0. The fourth-order valence-electron chi connectivity index (χ4n) is 3.05. The molecule has 1 aromatic carbocycles. The van der Waals surface area contributed by atoms with Crippen LogP contribution in [0.2, 0.25) is 0 Å². The number of aromatic nitrogens is 1. The van der Waals surface area contributed by atoms with Gasteiger partial charge in [-0.1, -0.05) is 35.5 Å². The Labute approximate surface area is 135 Å². The molecule has 3 rings (SSSR count). The molecule has 5 nitrogen and oxygen atoms in total. The van der Waals surface area contributed by atoms with Gasteiger partial charge in [0.2, 0.25) is 0 Å². The predicted octanol–water partition coefficient (Wildman–Crippen LogP) is 2.23. The van der Waals surface area contributed by atoms with Gasteiger partial charge in [0.25, 0.3) is 5.91 Å². The maximum Gasteiger partial charge on any atom is 0.276 e. The molecule has 2 aromatic rings. The molecule has 0 spiro atoms. The highest BCUT2D eigenvalue weighted by Crippen LogP contribution is 2.25. The molecule has 0 saturated heterocycles. The number of benzene rings is 1. The van der Waals surface area contributed by atoms with Crippen LogP contribution in [0.3, 0.4) is 0 Å². The standard InChI is InChI=1S/C18H22N2O3/c21-13-12-20(11-10-14-6-2-1-3-7-14)18(22)17-15-8-4-5-9-16(15)23-19-17/h1-3,6-7,21H,4-5,8-13H2. The van der Waals surface area contributed by atoms with Crippen LogP contribution in [0.15, 0.2) is 34.9 Å². The Kier molecular flexibility index (Phi) is 5.08. The van der Waals surface area contributed by atoms with Crippen LogP contribution in [-0.4, -0.2) is 40.8 Å². The van der Waals surface area contributed by atoms with E-state index in [-0.39, 0.29) is 12.5 Å². The molecule has 23 heavy (non-hydrogen) atoms. The SMILES string of the molecule is O=C(c1noc2c1CCCC2)N(CCO)CCc1ccccc1. The van der Waals surface area contributed by atoms with E-state index in [0.717, 1.165) is 43.4 Å². The lowest BCUT2D eigenvalue weighted by Crippen LogP contribution is -2.36. The second-order valence-electron chi connectivity index (χ2n) is 5.89. The highest BCUT2D eigenvalue weighted by atomic mass is 16.5. The highest BCUT2D eigenvalue weighted by molar-refractivity contribution is 5.94. The first-order chi connectivity index (χ1) is 11.3. The molecule has 0 bridgehead atoms. The van der Waals surface area contributed by atoms with Gasteiger partial charge in [0.15, 0.2) is 5.69 Å². The van der Waals surface area contributed by atoms with E-state index in [1.54, 1.807) is 4.90 Å². The summed E-state index contributed by atoms with van der Waals surface area (Å²) < 4.78 is 5.34. The van der Waals surface area contributed by atoms with E-state index < -0.39 is 0 Å². The van der Waals surface area contributed by atoms with Gasteiger partial charge in [0.05, 0.1) is 6.61 Å². The first-order valence-electron chi connectivity index (χ1n) is 8.21. The molecule has 5 heteroatoms. The summed E-state index contributed by atoms with van der Waals surface area (Å²) >= 11 is 0. The molecule has 0 radical (unpaired) electrons. The van der Waals surface area contributed by atoms with Crippen molar-refractivity contribution < 1.29 is 14.4 Å². The lowest BCUT2D eigenvalue weighted by Gasteiger charge is -2.21. The molecule has 1 amide bonds. The molecule has 1 heterocycles. The van der Waals surface area contributed by atoms with Crippen molar-refractivity contribution in [3.05, 3.63) is 52.9 Å². The Morgan fingerprint density at radius 2 is 1.96 bits per heavy atom. The number of aryl methyl sites for hydroxylation is 1. The topological polar surface area (TPSA) is 66.6 Å². The largest absolute Gasteiger partial charge is 0.395 e. The van der Waals surface area contributed by atoms with Crippen LogP contribution in [0.4, 0.5) is 0 Å². The van der Waals surface area contributed by atoms with Crippen molar-refractivity contribution in [3.63, 3.8) is 0 Å². The van der Waals surface area contributed by atoms with Gasteiger partial charge in [-0.25, -0.2) is 0 Å². The van der Waals surface area contributed by atoms with Crippen LogP contribution >= 0.6 is 0 Å². The third-order valence-electron chi connectivity index (χ3n) is 4.32. The Balaban J connectivity index is 1.72. The quantitative estimate of drug-likeness (QED) is 0.888. The number of aliphatic hydroxyl groups excluding tert-OH is 1. The number of fused-ring (bicyclic) bond motifs is 1. The van der Waals surface area contributed by atoms with Crippen molar-refractivity contribution in [1.29, 1.82) is 0 Å². The molecule has 0 saturated carbocycles. The van der Waals surface area contributed by atoms with Crippen LogP contribution in [0.25, 0.3) is 0 Å². The summed E-state index contributed by atoms with van der Waals surface area (Å²) in [5.74, 6) is 0.716. The van der Waals surface area contributed by atoms with Crippen LogP contribution in [0.5, 0.6) is 0 Å². The smallest absolute Gasteiger partial charge is 0.276 e. The zero-order chi connectivity index (χ0) is 16.1. The van der Waals surface area contributed by atoms with E-state index in [2.05, 4.69) is 5.16 Å². The number of carbonyl (C=O) groups is 1. The van der Waals surface area contributed by atoms with E-state index in [1.807, 2.05) is 30.3 Å². The first kappa shape index (κ1) is 15.7. The van der Waals surface area contributed by atoms with Crippen molar-refractivity contribution in [3.8, 4) is 0 Å². The summed E-state index contributed by atoms with van der Waals surface area (Å²) in [5.41, 5.74) is 2.57. The number of rotatable bonds is 6. The fraction of sp³-hybridized carbons (Fsp3) is 0.444. The minimum Gasteiger partial charge on any atom is -0.395 e. The molecule has 1 N–H and O–H groups in total. The van der Waals surface area contributed by atoms with E-state index >= 15 is 0 Å². The average Bonchev–Trinajstić information content (AvgIpc) is 3.03. The molecular weight excluding hydrogens is 292 g/mol. The van der Waals surface area contributed by atoms with Gasteiger partial charge in [-0.15, -0.1) is 0 Å². The summed E-state index contributed by atoms with van der Waals surface area (Å²) in [6.07, 6.45) is 4.63. The van der Waals surface area contributed by atoms with Gasteiger partial charge in [0, 0.05) is 25.1 Å². The number of nitrogens with zero attached hydrogens (tertiary/aromatic N) is 2. The summed E-state index contributed by atoms with van der Waals surface area (Å²) in [5, 5.41) is 13.3. The maximum absolute atomic E-state index is 12.8. The molecule has 1 aromatic heterocycles. The number of hydrogen-bond donors (Lipinski definition) is 1. The first-order valence-corrected chi connectivity index (χ1v) is 8.21. The van der Waals surface area contributed by atoms with Crippen LogP contribution in [-0.2, 0) is 19.3 Å². The minimum atomic E-state index is -0.137. The van der Waals surface area contributed by atoms with Gasteiger partial charge in [-0.2, -0.15) is 0 Å². The summed E-state index contributed by atoms with van der Waals surface area (Å²) in [6.45, 7) is 0.818. The third-order valence-corrected chi connectivity index (χ3v) is 4.32. The zero-order valence-electron chi connectivity index (χ0n) is 13.2. The second kappa shape index (κ2) is 7.42. The number of hydrogen-bond acceptors (Lipinski definition) is 4. The van der Waals surface area contributed by atoms with Crippen molar-refractivity contribution in [1.82, 2.24) is 10.1 Å². The van der Waals surface area contributed by atoms with Crippen LogP contribution in [0, 0.1) is 0 Å². The number of amides is 1. The van der Waals surface area contributed by atoms with Gasteiger partial charge < -0.3 is 14.5 Å². The van der Waals surface area contributed by atoms with Crippen molar-refractivity contribution in [2.24, 2.45) is 0 Å². The average molecular weight is 314 g/mol. The zero-order valence-corrected chi connectivity index (χ0v) is 13.2. The lowest BCUT2D eigenvalue weighted by atomic mass is 9.96. The van der Waals surface area contributed by atoms with Gasteiger partial charge >= 0.3 is 0 Å². The molecule has 1 aliphatic rings. The Bertz CT molecular complexity index is 652. The Hall–Kier alpha value is -2.14. The van der Waals surface area contributed by atoms with Gasteiger partial charge in [0.1, 0.15) is 5.76 Å².